The SMILES string of the molecule is NC(=O)CN=C(NC(=O)OCc1ccc([N+](=O)[O-])cc1)NC(=O)OCc1ccc([N+](=O)[O-])cc1. The van der Waals surface area contributed by atoms with Crippen molar-refractivity contribution in [1.29, 1.82) is 0 Å². The van der Waals surface area contributed by atoms with Crippen LogP contribution in [0.15, 0.2) is 53.5 Å². The molecule has 0 spiro atoms. The van der Waals surface area contributed by atoms with Crippen LogP contribution in [0.1, 0.15) is 11.1 Å². The summed E-state index contributed by atoms with van der Waals surface area (Å²) in [6, 6.07) is 10.5. The first kappa shape index (κ1) is 25.2. The van der Waals surface area contributed by atoms with Gasteiger partial charge in [0.15, 0.2) is 0 Å². The maximum Gasteiger partial charge on any atom is 0.414 e. The van der Waals surface area contributed by atoms with E-state index >= 15 is 0 Å². The van der Waals surface area contributed by atoms with Crippen LogP contribution in [0.3, 0.4) is 0 Å². The van der Waals surface area contributed by atoms with Crippen LogP contribution in [-0.4, -0.2) is 40.4 Å². The van der Waals surface area contributed by atoms with Gasteiger partial charge in [-0.1, -0.05) is 0 Å². The quantitative estimate of drug-likeness (QED) is 0.218. The van der Waals surface area contributed by atoms with E-state index in [1.807, 2.05) is 0 Å². The molecule has 2 aromatic carbocycles. The second-order valence-corrected chi connectivity index (χ2v) is 6.38. The molecule has 15 nitrogen and oxygen atoms in total. The van der Waals surface area contributed by atoms with E-state index in [4.69, 9.17) is 15.2 Å². The monoisotopic (exact) mass is 474 g/mol. The Hall–Kier alpha value is -5.08. The third-order valence-corrected chi connectivity index (χ3v) is 3.87. The van der Waals surface area contributed by atoms with Crippen LogP contribution in [0.2, 0.25) is 0 Å². The summed E-state index contributed by atoms with van der Waals surface area (Å²) in [6.07, 6.45) is -2.12. The van der Waals surface area contributed by atoms with E-state index in [9.17, 15) is 34.6 Å². The molecule has 0 unspecified atom stereocenters. The van der Waals surface area contributed by atoms with E-state index in [-0.39, 0.29) is 24.6 Å². The van der Waals surface area contributed by atoms with Crippen LogP contribution >= 0.6 is 0 Å². The lowest BCUT2D eigenvalue weighted by Gasteiger charge is -2.11. The topological polar surface area (TPSA) is 218 Å². The number of nitrogens with zero attached hydrogens (tertiary/aromatic N) is 3. The lowest BCUT2D eigenvalue weighted by Crippen LogP contribution is -2.44. The summed E-state index contributed by atoms with van der Waals surface area (Å²) in [5.74, 6) is -1.33. The number of nitrogens with one attached hydrogen (secondary N) is 2. The number of primary amides is 1. The first-order valence-corrected chi connectivity index (χ1v) is 9.31. The molecule has 0 aliphatic heterocycles. The van der Waals surface area contributed by atoms with Crippen LogP contribution < -0.4 is 16.4 Å². The molecule has 0 saturated heterocycles. The highest BCUT2D eigenvalue weighted by atomic mass is 16.6. The molecule has 0 bridgehead atoms. The zero-order valence-electron chi connectivity index (χ0n) is 17.3. The Kier molecular flexibility index (Phi) is 8.95. The van der Waals surface area contributed by atoms with Gasteiger partial charge in [-0.25, -0.2) is 14.6 Å². The molecule has 0 saturated carbocycles. The van der Waals surface area contributed by atoms with Crippen molar-refractivity contribution in [2.24, 2.45) is 10.7 Å². The Morgan fingerprint density at radius 2 is 1.18 bits per heavy atom. The van der Waals surface area contributed by atoms with Gasteiger partial charge < -0.3 is 15.2 Å². The normalized spacial score (nSPS) is 9.88. The predicted octanol–water partition coefficient (Wildman–Crippen LogP) is 1.50. The molecular weight excluding hydrogens is 456 g/mol. The lowest BCUT2D eigenvalue weighted by atomic mass is 10.2. The fourth-order valence-corrected chi connectivity index (χ4v) is 2.26. The number of non-ortho nitro benzene ring substituents is 2. The van der Waals surface area contributed by atoms with E-state index in [2.05, 4.69) is 15.6 Å². The van der Waals surface area contributed by atoms with E-state index in [0.717, 1.165) is 0 Å². The molecular formula is C19H18N6O9. The van der Waals surface area contributed by atoms with Crippen molar-refractivity contribution in [3.8, 4) is 0 Å². The number of carbonyl (C=O) groups is 3. The number of carbonyl (C=O) groups excluding carboxylic acids is 3. The third kappa shape index (κ3) is 8.58. The Balaban J connectivity index is 1.90. The van der Waals surface area contributed by atoms with Crippen molar-refractivity contribution in [2.45, 2.75) is 13.2 Å². The molecule has 0 aliphatic carbocycles. The summed E-state index contributed by atoms with van der Waals surface area (Å²) in [7, 11) is 0. The summed E-state index contributed by atoms with van der Waals surface area (Å²) < 4.78 is 9.89. The van der Waals surface area contributed by atoms with Crippen molar-refractivity contribution >= 4 is 35.4 Å². The Morgan fingerprint density at radius 1 is 0.794 bits per heavy atom. The van der Waals surface area contributed by atoms with Gasteiger partial charge in [0, 0.05) is 24.3 Å². The Labute approximate surface area is 190 Å². The minimum Gasteiger partial charge on any atom is -0.444 e. The molecule has 178 valence electrons. The molecule has 0 atom stereocenters. The summed E-state index contributed by atoms with van der Waals surface area (Å²) in [5, 5.41) is 25.5. The van der Waals surface area contributed by atoms with Gasteiger partial charge >= 0.3 is 12.2 Å². The van der Waals surface area contributed by atoms with Crippen LogP contribution in [0, 0.1) is 20.2 Å². The average molecular weight is 474 g/mol. The van der Waals surface area contributed by atoms with Crippen LogP contribution in [-0.2, 0) is 27.5 Å². The second-order valence-electron chi connectivity index (χ2n) is 6.38. The van der Waals surface area contributed by atoms with Crippen molar-refractivity contribution in [3.63, 3.8) is 0 Å². The van der Waals surface area contributed by atoms with Crippen LogP contribution in [0.5, 0.6) is 0 Å². The van der Waals surface area contributed by atoms with Gasteiger partial charge in [-0.15, -0.1) is 0 Å². The highest BCUT2D eigenvalue weighted by Gasteiger charge is 2.14. The summed E-state index contributed by atoms with van der Waals surface area (Å²) in [5.41, 5.74) is 5.64. The number of nitro groups is 2. The lowest BCUT2D eigenvalue weighted by molar-refractivity contribution is -0.385. The van der Waals surface area contributed by atoms with Gasteiger partial charge in [0.1, 0.15) is 19.8 Å². The number of alkyl carbamates (subject to hydrolysis) is 2. The highest BCUT2D eigenvalue weighted by Crippen LogP contribution is 2.13. The number of hydrogen-bond donors (Lipinski definition) is 3. The van der Waals surface area contributed by atoms with E-state index in [0.29, 0.717) is 11.1 Å². The van der Waals surface area contributed by atoms with Gasteiger partial charge in [-0.3, -0.25) is 35.7 Å². The first-order valence-electron chi connectivity index (χ1n) is 9.31. The number of guanidine groups is 1. The van der Waals surface area contributed by atoms with Gasteiger partial charge in [0.2, 0.25) is 11.9 Å². The van der Waals surface area contributed by atoms with E-state index in [1.54, 1.807) is 0 Å². The zero-order chi connectivity index (χ0) is 25.1. The van der Waals surface area contributed by atoms with Crippen molar-refractivity contribution in [3.05, 3.63) is 79.9 Å². The molecule has 0 heterocycles. The van der Waals surface area contributed by atoms with Crippen molar-refractivity contribution < 1.29 is 33.7 Å². The smallest absolute Gasteiger partial charge is 0.414 e. The third-order valence-electron chi connectivity index (χ3n) is 3.87. The number of rotatable bonds is 8. The fourth-order valence-electron chi connectivity index (χ4n) is 2.26. The fraction of sp³-hybridized carbons (Fsp3) is 0.158. The summed E-state index contributed by atoms with van der Waals surface area (Å²) in [6.45, 7) is -1.07. The van der Waals surface area contributed by atoms with Crippen molar-refractivity contribution in [1.82, 2.24) is 10.6 Å². The molecule has 4 N–H and O–H groups in total. The number of amides is 3. The molecule has 34 heavy (non-hydrogen) atoms. The largest absolute Gasteiger partial charge is 0.444 e. The minimum atomic E-state index is -1.06. The maximum absolute atomic E-state index is 12.0. The van der Waals surface area contributed by atoms with E-state index in [1.165, 1.54) is 48.5 Å². The predicted molar refractivity (Wildman–Crippen MR) is 114 cm³/mol. The van der Waals surface area contributed by atoms with Crippen LogP contribution in [0.4, 0.5) is 21.0 Å². The number of nitro benzene ring substituents is 2. The summed E-state index contributed by atoms with van der Waals surface area (Å²) in [4.78, 5) is 58.8. The standard InChI is InChI=1S/C19H18N6O9/c20-16(26)9-21-17(22-18(27)33-10-12-1-5-14(6-2-12)24(29)30)23-19(28)34-11-13-3-7-15(8-4-13)25(31)32/h1-8H,9-11H2,(H2,20,26)(H2,21,22,23,27,28). The first-order chi connectivity index (χ1) is 16.1. The van der Waals surface area contributed by atoms with Gasteiger partial charge in [-0.05, 0) is 35.4 Å². The molecule has 3 amide bonds. The van der Waals surface area contributed by atoms with E-state index < -0.39 is 40.4 Å². The Morgan fingerprint density at radius 3 is 1.50 bits per heavy atom. The Bertz CT molecular complexity index is 1020. The average Bonchev–Trinajstić information content (AvgIpc) is 2.80. The molecule has 15 heteroatoms. The minimum absolute atomic E-state index is 0.134. The number of ether oxygens (including phenoxy) is 2. The van der Waals surface area contributed by atoms with Gasteiger partial charge in [0.25, 0.3) is 11.4 Å². The number of hydrogen-bond acceptors (Lipinski definition) is 10. The highest BCUT2D eigenvalue weighted by molar-refractivity contribution is 6.01. The number of benzene rings is 2. The molecule has 0 aromatic heterocycles. The molecule has 0 radical (unpaired) electrons. The number of nitrogens with two attached hydrogens (primary N) is 1. The van der Waals surface area contributed by atoms with Crippen LogP contribution in [0.25, 0.3) is 0 Å². The number of aliphatic imine (C=N–C) groups is 1. The van der Waals surface area contributed by atoms with Gasteiger partial charge in [0.05, 0.1) is 9.85 Å². The molecule has 0 fully saturated rings. The zero-order valence-corrected chi connectivity index (χ0v) is 17.3. The summed E-state index contributed by atoms with van der Waals surface area (Å²) >= 11 is 0. The van der Waals surface area contributed by atoms with Gasteiger partial charge in [-0.2, -0.15) is 0 Å². The van der Waals surface area contributed by atoms with Crippen molar-refractivity contribution in [2.75, 3.05) is 6.54 Å². The molecule has 0 aliphatic rings. The maximum atomic E-state index is 12.0. The molecule has 2 aromatic rings. The molecule has 2 rings (SSSR count). The second kappa shape index (κ2) is 12.1.